The van der Waals surface area contributed by atoms with Crippen molar-refractivity contribution in [2.75, 3.05) is 11.9 Å². The number of nitrogens with zero attached hydrogens (tertiary/aromatic N) is 4. The fraction of sp³-hybridized carbons (Fsp3) is 0.133. The van der Waals surface area contributed by atoms with Crippen LogP contribution in [0.2, 0.25) is 5.28 Å². The minimum Gasteiger partial charge on any atom is -0.337 e. The molecule has 104 valence electrons. The number of para-hydroxylation sites is 1. The second-order valence-corrected chi connectivity index (χ2v) is 5.89. The molecule has 1 aromatic heterocycles. The molecule has 21 heavy (non-hydrogen) atoms. The van der Waals surface area contributed by atoms with Gasteiger partial charge in [-0.15, -0.1) is 0 Å². The molecule has 0 N–H and O–H groups in total. The molecule has 4 nitrogen and oxygen atoms in total. The summed E-state index contributed by atoms with van der Waals surface area (Å²) in [5, 5.41) is 10.6. The predicted octanol–water partition coefficient (Wildman–Crippen LogP) is 3.65. The van der Waals surface area contributed by atoms with Crippen LogP contribution in [0.1, 0.15) is 5.69 Å². The first-order valence-electron chi connectivity index (χ1n) is 6.30. The van der Waals surface area contributed by atoms with Gasteiger partial charge in [0.2, 0.25) is 5.28 Å². The van der Waals surface area contributed by atoms with Crippen molar-refractivity contribution in [3.63, 3.8) is 0 Å². The number of hydrogen-bond acceptors (Lipinski definition) is 5. The van der Waals surface area contributed by atoms with Crippen molar-refractivity contribution in [2.24, 2.45) is 0 Å². The van der Waals surface area contributed by atoms with Crippen LogP contribution in [-0.2, 0) is 6.42 Å². The highest BCUT2D eigenvalue weighted by Crippen LogP contribution is 2.46. The molecule has 3 rings (SSSR count). The zero-order valence-corrected chi connectivity index (χ0v) is 12.8. The summed E-state index contributed by atoms with van der Waals surface area (Å²) in [6, 6.07) is 12.2. The van der Waals surface area contributed by atoms with E-state index in [1.165, 1.54) is 0 Å². The second-order valence-electron chi connectivity index (χ2n) is 4.52. The summed E-state index contributed by atoms with van der Waals surface area (Å²) in [5.74, 6) is 0. The lowest BCUT2D eigenvalue weighted by molar-refractivity contribution is 1.01. The van der Waals surface area contributed by atoms with Crippen LogP contribution in [0.3, 0.4) is 0 Å². The molecule has 0 atom stereocenters. The van der Waals surface area contributed by atoms with Crippen molar-refractivity contribution in [1.29, 1.82) is 5.26 Å². The molecule has 0 fully saturated rings. The van der Waals surface area contributed by atoms with Gasteiger partial charge in [-0.2, -0.15) is 5.26 Å². The van der Waals surface area contributed by atoms with Gasteiger partial charge in [-0.1, -0.05) is 23.9 Å². The van der Waals surface area contributed by atoms with E-state index in [4.69, 9.17) is 11.6 Å². The van der Waals surface area contributed by atoms with Crippen LogP contribution in [0.25, 0.3) is 0 Å². The third-order valence-corrected chi connectivity index (χ3v) is 4.63. The molecule has 0 unspecified atom stereocenters. The minimum absolute atomic E-state index is 0.200. The summed E-state index contributed by atoms with van der Waals surface area (Å²) < 4.78 is 0. The molecule has 1 aromatic carbocycles. The van der Waals surface area contributed by atoms with E-state index < -0.39 is 0 Å². The Morgan fingerprint density at radius 2 is 2.19 bits per heavy atom. The van der Waals surface area contributed by atoms with Crippen LogP contribution in [0.15, 0.2) is 52.0 Å². The molecule has 0 bridgehead atoms. The van der Waals surface area contributed by atoms with Gasteiger partial charge in [-0.05, 0) is 29.8 Å². The molecular formula is C15H11ClN4S. The van der Waals surface area contributed by atoms with Gasteiger partial charge < -0.3 is 4.90 Å². The molecule has 1 aliphatic heterocycles. The summed E-state index contributed by atoms with van der Waals surface area (Å²) in [6.45, 7) is 0. The molecule has 0 amide bonds. The topological polar surface area (TPSA) is 52.8 Å². The fourth-order valence-electron chi connectivity index (χ4n) is 2.18. The Balaban J connectivity index is 1.96. The van der Waals surface area contributed by atoms with Gasteiger partial charge in [-0.25, -0.2) is 9.97 Å². The van der Waals surface area contributed by atoms with Crippen molar-refractivity contribution in [1.82, 2.24) is 9.97 Å². The van der Waals surface area contributed by atoms with E-state index in [0.717, 1.165) is 21.3 Å². The zero-order valence-electron chi connectivity index (χ0n) is 11.2. The first-order chi connectivity index (χ1) is 10.2. The highest BCUT2D eigenvalue weighted by atomic mass is 35.5. The van der Waals surface area contributed by atoms with Crippen LogP contribution in [0, 0.1) is 11.3 Å². The molecule has 1 aliphatic rings. The first kappa shape index (κ1) is 13.9. The number of nitriles is 1. The lowest BCUT2D eigenvalue weighted by Crippen LogP contribution is -2.12. The van der Waals surface area contributed by atoms with Crippen LogP contribution >= 0.6 is 23.4 Å². The van der Waals surface area contributed by atoms with Crippen LogP contribution in [0.5, 0.6) is 0 Å². The molecule has 0 saturated heterocycles. The van der Waals surface area contributed by atoms with Gasteiger partial charge in [0.25, 0.3) is 0 Å². The SMILES string of the molecule is CN1C(=C(C#N)Cc2ccnc(Cl)n2)Sc2ccccc21. The van der Waals surface area contributed by atoms with E-state index in [1.807, 2.05) is 30.1 Å². The van der Waals surface area contributed by atoms with Gasteiger partial charge in [0.05, 0.1) is 28.1 Å². The largest absolute Gasteiger partial charge is 0.337 e. The van der Waals surface area contributed by atoms with Crippen molar-refractivity contribution in [3.8, 4) is 6.07 Å². The molecule has 0 spiro atoms. The highest BCUT2D eigenvalue weighted by molar-refractivity contribution is 8.03. The zero-order chi connectivity index (χ0) is 14.8. The Kier molecular flexibility index (Phi) is 3.82. The standard InChI is InChI=1S/C15H11ClN4S/c1-20-12-4-2-3-5-13(12)21-14(20)10(9-17)8-11-6-7-18-15(16)19-11/h2-7H,8H2,1H3. The maximum absolute atomic E-state index is 9.49. The number of benzene rings is 1. The number of rotatable bonds is 2. The molecule has 2 heterocycles. The van der Waals surface area contributed by atoms with Gasteiger partial charge in [-0.3, -0.25) is 0 Å². The molecule has 6 heteroatoms. The molecule has 2 aromatic rings. The molecule has 0 aliphatic carbocycles. The van der Waals surface area contributed by atoms with E-state index in [1.54, 1.807) is 24.0 Å². The third kappa shape index (κ3) is 2.73. The smallest absolute Gasteiger partial charge is 0.222 e. The van der Waals surface area contributed by atoms with Gasteiger partial charge in [0.15, 0.2) is 0 Å². The number of hydrogen-bond donors (Lipinski definition) is 0. The predicted molar refractivity (Wildman–Crippen MR) is 84.1 cm³/mol. The number of fused-ring (bicyclic) bond motifs is 1. The Labute approximate surface area is 132 Å². The van der Waals surface area contributed by atoms with Gasteiger partial charge in [0.1, 0.15) is 0 Å². The van der Waals surface area contributed by atoms with Gasteiger partial charge >= 0.3 is 0 Å². The second kappa shape index (κ2) is 5.76. The maximum Gasteiger partial charge on any atom is 0.222 e. The minimum atomic E-state index is 0.200. The van der Waals surface area contributed by atoms with Crippen LogP contribution < -0.4 is 4.90 Å². The Morgan fingerprint density at radius 3 is 2.90 bits per heavy atom. The van der Waals surface area contributed by atoms with Crippen LogP contribution in [-0.4, -0.2) is 17.0 Å². The van der Waals surface area contributed by atoms with E-state index >= 15 is 0 Å². The highest BCUT2D eigenvalue weighted by Gasteiger charge is 2.24. The Morgan fingerprint density at radius 1 is 1.38 bits per heavy atom. The summed E-state index contributed by atoms with van der Waals surface area (Å²) in [5.41, 5.74) is 2.53. The Hall–Kier alpha value is -2.03. The number of anilines is 1. The lowest BCUT2D eigenvalue weighted by atomic mass is 10.1. The third-order valence-electron chi connectivity index (χ3n) is 3.17. The van der Waals surface area contributed by atoms with E-state index in [-0.39, 0.29) is 5.28 Å². The summed E-state index contributed by atoms with van der Waals surface area (Å²) in [7, 11) is 1.97. The Bertz CT molecular complexity index is 766. The average Bonchev–Trinajstić information content (AvgIpc) is 2.82. The molecule has 0 radical (unpaired) electrons. The van der Waals surface area contributed by atoms with Gasteiger partial charge in [0, 0.05) is 24.6 Å². The van der Waals surface area contributed by atoms with Crippen molar-refractivity contribution in [3.05, 3.63) is 58.1 Å². The normalized spacial score (nSPS) is 15.6. The molecular weight excluding hydrogens is 304 g/mol. The maximum atomic E-state index is 9.49. The molecule has 0 saturated carbocycles. The lowest BCUT2D eigenvalue weighted by Gasteiger charge is -2.15. The fourth-order valence-corrected chi connectivity index (χ4v) is 3.48. The number of halogens is 1. The summed E-state index contributed by atoms with van der Waals surface area (Å²) in [6.07, 6.45) is 2.05. The van der Waals surface area contributed by atoms with E-state index in [2.05, 4.69) is 22.1 Å². The van der Waals surface area contributed by atoms with Crippen molar-refractivity contribution < 1.29 is 0 Å². The monoisotopic (exact) mass is 314 g/mol. The summed E-state index contributed by atoms with van der Waals surface area (Å²) >= 11 is 7.40. The number of aromatic nitrogens is 2. The van der Waals surface area contributed by atoms with E-state index in [0.29, 0.717) is 12.0 Å². The first-order valence-corrected chi connectivity index (χ1v) is 7.50. The van der Waals surface area contributed by atoms with Crippen LogP contribution in [0.4, 0.5) is 5.69 Å². The number of allylic oxidation sites excluding steroid dienone is 1. The number of thioether (sulfide) groups is 1. The van der Waals surface area contributed by atoms with Crippen molar-refractivity contribution >= 4 is 29.1 Å². The summed E-state index contributed by atoms with van der Waals surface area (Å²) in [4.78, 5) is 11.2. The average molecular weight is 315 g/mol. The quantitative estimate of drug-likeness (QED) is 0.625. The van der Waals surface area contributed by atoms with E-state index in [9.17, 15) is 5.26 Å². The van der Waals surface area contributed by atoms with Crippen molar-refractivity contribution in [2.45, 2.75) is 11.3 Å².